The highest BCUT2D eigenvalue weighted by Gasteiger charge is 2.01. The summed E-state index contributed by atoms with van der Waals surface area (Å²) in [5.74, 6) is -0.381. The van der Waals surface area contributed by atoms with Crippen LogP contribution in [0.25, 0.3) is 0 Å². The normalized spacial score (nSPS) is 10.8. The van der Waals surface area contributed by atoms with Crippen molar-refractivity contribution in [3.8, 4) is 0 Å². The fourth-order valence-corrected chi connectivity index (χ4v) is 2.87. The van der Waals surface area contributed by atoms with Gasteiger partial charge in [0.15, 0.2) is 0 Å². The number of rotatable bonds is 5. The second-order valence-corrected chi connectivity index (χ2v) is 6.09. The highest BCUT2D eigenvalue weighted by Crippen LogP contribution is 2.21. The monoisotopic (exact) mass is 303 g/mol. The van der Waals surface area contributed by atoms with Gasteiger partial charge in [-0.15, -0.1) is 11.3 Å². The van der Waals surface area contributed by atoms with E-state index < -0.39 is 0 Å². The maximum absolute atomic E-state index is 12.9. The summed E-state index contributed by atoms with van der Waals surface area (Å²) in [6.07, 6.45) is 0.937. The standard InChI is InChI=1S/C13H12Cl2FNS/c14-11-7-9(1-3-12(11)16)8-17-6-5-10-2-4-13(15)18-10/h1-4,7,17H,5-6,8H2. The molecule has 0 unspecified atom stereocenters. The molecule has 0 atom stereocenters. The zero-order valence-electron chi connectivity index (χ0n) is 9.55. The Kier molecular flexibility index (Phi) is 5.01. The summed E-state index contributed by atoms with van der Waals surface area (Å²) in [4.78, 5) is 1.25. The van der Waals surface area contributed by atoms with Gasteiger partial charge in [0.2, 0.25) is 0 Å². The summed E-state index contributed by atoms with van der Waals surface area (Å²) in [7, 11) is 0. The molecule has 0 spiro atoms. The largest absolute Gasteiger partial charge is 0.312 e. The highest BCUT2D eigenvalue weighted by molar-refractivity contribution is 7.16. The molecule has 5 heteroatoms. The minimum absolute atomic E-state index is 0.166. The fourth-order valence-electron chi connectivity index (χ4n) is 1.58. The van der Waals surface area contributed by atoms with Crippen LogP contribution in [0.1, 0.15) is 10.4 Å². The molecule has 1 heterocycles. The van der Waals surface area contributed by atoms with Gasteiger partial charge in [-0.05, 0) is 36.2 Å². The van der Waals surface area contributed by atoms with Crippen LogP contribution in [0.4, 0.5) is 4.39 Å². The van der Waals surface area contributed by atoms with Gasteiger partial charge in [0.25, 0.3) is 0 Å². The molecule has 0 aliphatic carbocycles. The summed E-state index contributed by atoms with van der Waals surface area (Å²) >= 11 is 13.2. The van der Waals surface area contributed by atoms with Crippen LogP contribution < -0.4 is 5.32 Å². The number of hydrogen-bond donors (Lipinski definition) is 1. The minimum Gasteiger partial charge on any atom is -0.312 e. The third-order valence-electron chi connectivity index (χ3n) is 2.49. The molecule has 0 radical (unpaired) electrons. The Morgan fingerprint density at radius 2 is 2.00 bits per heavy atom. The molecule has 0 amide bonds. The predicted octanol–water partition coefficient (Wildman–Crippen LogP) is 4.53. The lowest BCUT2D eigenvalue weighted by atomic mass is 10.2. The maximum atomic E-state index is 12.9. The van der Waals surface area contributed by atoms with Crippen molar-refractivity contribution in [3.63, 3.8) is 0 Å². The highest BCUT2D eigenvalue weighted by atomic mass is 35.5. The molecule has 1 aromatic carbocycles. The molecular weight excluding hydrogens is 292 g/mol. The lowest BCUT2D eigenvalue weighted by molar-refractivity contribution is 0.625. The summed E-state index contributed by atoms with van der Waals surface area (Å²) in [6, 6.07) is 8.70. The van der Waals surface area contributed by atoms with Crippen LogP contribution in [-0.2, 0) is 13.0 Å². The van der Waals surface area contributed by atoms with Crippen molar-refractivity contribution < 1.29 is 4.39 Å². The van der Waals surface area contributed by atoms with Crippen LogP contribution in [0.5, 0.6) is 0 Å². The van der Waals surface area contributed by atoms with E-state index in [0.717, 1.165) is 22.9 Å². The molecule has 0 fully saturated rings. The number of benzene rings is 1. The van der Waals surface area contributed by atoms with Crippen LogP contribution >= 0.6 is 34.5 Å². The van der Waals surface area contributed by atoms with Gasteiger partial charge in [0, 0.05) is 18.0 Å². The Balaban J connectivity index is 1.76. The lowest BCUT2D eigenvalue weighted by Gasteiger charge is -2.05. The molecule has 1 nitrogen and oxygen atoms in total. The van der Waals surface area contributed by atoms with E-state index in [4.69, 9.17) is 23.2 Å². The van der Waals surface area contributed by atoms with E-state index in [1.165, 1.54) is 10.9 Å². The van der Waals surface area contributed by atoms with E-state index in [1.807, 2.05) is 12.1 Å². The Hall–Kier alpha value is -0.610. The third-order valence-corrected chi connectivity index (χ3v) is 4.07. The molecule has 96 valence electrons. The minimum atomic E-state index is -0.381. The van der Waals surface area contributed by atoms with Gasteiger partial charge in [-0.3, -0.25) is 0 Å². The van der Waals surface area contributed by atoms with Crippen molar-refractivity contribution in [2.24, 2.45) is 0 Å². The van der Waals surface area contributed by atoms with Gasteiger partial charge in [-0.2, -0.15) is 0 Å². The van der Waals surface area contributed by atoms with E-state index in [9.17, 15) is 4.39 Å². The Labute approximate surface area is 120 Å². The number of hydrogen-bond acceptors (Lipinski definition) is 2. The van der Waals surface area contributed by atoms with Gasteiger partial charge >= 0.3 is 0 Å². The van der Waals surface area contributed by atoms with E-state index in [2.05, 4.69) is 5.32 Å². The van der Waals surface area contributed by atoms with Crippen LogP contribution in [0.15, 0.2) is 30.3 Å². The van der Waals surface area contributed by atoms with Gasteiger partial charge in [-0.25, -0.2) is 4.39 Å². The fraction of sp³-hybridized carbons (Fsp3) is 0.231. The first-order valence-corrected chi connectivity index (χ1v) is 7.11. The topological polar surface area (TPSA) is 12.0 Å². The van der Waals surface area contributed by atoms with Gasteiger partial charge < -0.3 is 5.32 Å². The summed E-state index contributed by atoms with van der Waals surface area (Å²) < 4.78 is 13.8. The zero-order valence-corrected chi connectivity index (χ0v) is 11.9. The summed E-state index contributed by atoms with van der Waals surface area (Å²) in [5, 5.41) is 3.45. The van der Waals surface area contributed by atoms with Crippen molar-refractivity contribution in [2.45, 2.75) is 13.0 Å². The number of nitrogens with one attached hydrogen (secondary N) is 1. The van der Waals surface area contributed by atoms with E-state index in [1.54, 1.807) is 23.5 Å². The quantitative estimate of drug-likeness (QED) is 0.800. The van der Waals surface area contributed by atoms with E-state index in [-0.39, 0.29) is 10.8 Å². The number of halogens is 3. The Bertz CT molecular complexity index is 527. The molecule has 0 aliphatic rings. The molecule has 1 aromatic heterocycles. The molecule has 1 N–H and O–H groups in total. The van der Waals surface area contributed by atoms with Crippen molar-refractivity contribution in [3.05, 3.63) is 55.9 Å². The molecule has 0 saturated heterocycles. The van der Waals surface area contributed by atoms with Gasteiger partial charge in [0.05, 0.1) is 9.36 Å². The van der Waals surface area contributed by atoms with Crippen molar-refractivity contribution in [1.29, 1.82) is 0 Å². The van der Waals surface area contributed by atoms with Gasteiger partial charge in [-0.1, -0.05) is 29.3 Å². The first kappa shape index (κ1) is 13.8. The average Bonchev–Trinajstić information content (AvgIpc) is 2.75. The number of thiophene rings is 1. The zero-order chi connectivity index (χ0) is 13.0. The SMILES string of the molecule is Fc1ccc(CNCCc2ccc(Cl)s2)cc1Cl. The van der Waals surface area contributed by atoms with Crippen molar-refractivity contribution >= 4 is 34.5 Å². The smallest absolute Gasteiger partial charge is 0.141 e. The predicted molar refractivity (Wildman–Crippen MR) is 76.1 cm³/mol. The first-order chi connectivity index (χ1) is 8.65. The lowest BCUT2D eigenvalue weighted by Crippen LogP contribution is -2.16. The molecule has 0 aliphatic heterocycles. The van der Waals surface area contributed by atoms with Crippen LogP contribution in [0, 0.1) is 5.82 Å². The van der Waals surface area contributed by atoms with Crippen molar-refractivity contribution in [1.82, 2.24) is 5.32 Å². The molecule has 2 aromatic rings. The first-order valence-electron chi connectivity index (χ1n) is 5.54. The Morgan fingerprint density at radius 1 is 1.17 bits per heavy atom. The third kappa shape index (κ3) is 3.95. The Morgan fingerprint density at radius 3 is 2.67 bits per heavy atom. The molecule has 0 saturated carbocycles. The van der Waals surface area contributed by atoms with E-state index in [0.29, 0.717) is 6.54 Å². The summed E-state index contributed by atoms with van der Waals surface area (Å²) in [5.41, 5.74) is 0.977. The van der Waals surface area contributed by atoms with Crippen LogP contribution in [-0.4, -0.2) is 6.54 Å². The van der Waals surface area contributed by atoms with Crippen LogP contribution in [0.2, 0.25) is 9.36 Å². The summed E-state index contributed by atoms with van der Waals surface area (Å²) in [6.45, 7) is 1.53. The second kappa shape index (κ2) is 6.53. The molecule has 2 rings (SSSR count). The average molecular weight is 304 g/mol. The van der Waals surface area contributed by atoms with Gasteiger partial charge in [0.1, 0.15) is 5.82 Å². The maximum Gasteiger partial charge on any atom is 0.141 e. The van der Waals surface area contributed by atoms with Crippen molar-refractivity contribution in [2.75, 3.05) is 6.54 Å². The molecule has 18 heavy (non-hydrogen) atoms. The second-order valence-electron chi connectivity index (χ2n) is 3.88. The van der Waals surface area contributed by atoms with E-state index >= 15 is 0 Å². The van der Waals surface area contributed by atoms with Crippen LogP contribution in [0.3, 0.4) is 0 Å². The molecule has 0 bridgehead atoms. The molecular formula is C13H12Cl2FNS.